The largest absolute Gasteiger partial charge is 0.453 e. The van der Waals surface area contributed by atoms with Gasteiger partial charge >= 0.3 is 5.97 Å². The predicted octanol–water partition coefficient (Wildman–Crippen LogP) is 2.40. The van der Waals surface area contributed by atoms with E-state index in [9.17, 15) is 9.90 Å². The van der Waals surface area contributed by atoms with Gasteiger partial charge in [-0.25, -0.2) is 0 Å². The Kier molecular flexibility index (Phi) is 8.27. The Hall–Kier alpha value is -1.83. The molecule has 0 saturated heterocycles. The quantitative estimate of drug-likeness (QED) is 0.621. The number of rotatable bonds is 7. The third kappa shape index (κ3) is 7.26. The van der Waals surface area contributed by atoms with Crippen molar-refractivity contribution in [1.29, 1.82) is 0 Å². The number of aliphatic hydroxyl groups excluding tert-OH is 1. The van der Waals surface area contributed by atoms with E-state index in [-0.39, 0.29) is 24.4 Å². The van der Waals surface area contributed by atoms with Crippen LogP contribution in [0.15, 0.2) is 30.3 Å². The smallest absolute Gasteiger partial charge is 0.303 e. The summed E-state index contributed by atoms with van der Waals surface area (Å²) in [6.07, 6.45) is -0.583. The number of hydrogen-bond acceptors (Lipinski definition) is 4. The van der Waals surface area contributed by atoms with Crippen molar-refractivity contribution in [1.82, 2.24) is 0 Å². The second kappa shape index (κ2) is 9.99. The summed E-state index contributed by atoms with van der Waals surface area (Å²) < 4.78 is 10.4. The lowest BCUT2D eigenvalue weighted by atomic mass is 9.94. The van der Waals surface area contributed by atoms with E-state index in [1.807, 2.05) is 44.2 Å². The van der Waals surface area contributed by atoms with Gasteiger partial charge in [0.15, 0.2) is 6.61 Å². The monoisotopic (exact) mass is 304 g/mol. The van der Waals surface area contributed by atoms with Crippen molar-refractivity contribution in [3.05, 3.63) is 35.9 Å². The first-order valence-electron chi connectivity index (χ1n) is 7.42. The zero-order valence-corrected chi connectivity index (χ0v) is 13.4. The summed E-state index contributed by atoms with van der Waals surface area (Å²) in [6.45, 7) is 6.17. The normalized spacial score (nSPS) is 14.4. The molecular weight excluding hydrogens is 280 g/mol. The van der Waals surface area contributed by atoms with Gasteiger partial charge in [-0.2, -0.15) is 0 Å². The van der Waals surface area contributed by atoms with Gasteiger partial charge < -0.3 is 14.6 Å². The fourth-order valence-electron chi connectivity index (χ4n) is 1.95. The summed E-state index contributed by atoms with van der Waals surface area (Å²) in [6, 6.07) is 9.91. The molecule has 0 aliphatic rings. The molecule has 0 saturated carbocycles. The molecule has 4 heteroatoms. The van der Waals surface area contributed by atoms with Crippen LogP contribution in [0.4, 0.5) is 0 Å². The van der Waals surface area contributed by atoms with Crippen LogP contribution in [-0.2, 0) is 20.9 Å². The van der Waals surface area contributed by atoms with E-state index in [1.165, 1.54) is 6.92 Å². The van der Waals surface area contributed by atoms with E-state index in [4.69, 9.17) is 9.47 Å². The van der Waals surface area contributed by atoms with E-state index < -0.39 is 6.10 Å². The molecule has 22 heavy (non-hydrogen) atoms. The highest BCUT2D eigenvalue weighted by Crippen LogP contribution is 2.13. The first kappa shape index (κ1) is 18.2. The molecule has 0 unspecified atom stereocenters. The maximum absolute atomic E-state index is 10.6. The molecule has 0 aliphatic heterocycles. The molecule has 0 amide bonds. The molecule has 0 heterocycles. The lowest BCUT2D eigenvalue weighted by molar-refractivity contribution is -0.139. The predicted molar refractivity (Wildman–Crippen MR) is 84.8 cm³/mol. The van der Waals surface area contributed by atoms with Crippen LogP contribution >= 0.6 is 0 Å². The van der Waals surface area contributed by atoms with Gasteiger partial charge in [0.25, 0.3) is 0 Å². The highest BCUT2D eigenvalue weighted by atomic mass is 16.5. The van der Waals surface area contributed by atoms with Gasteiger partial charge in [-0.3, -0.25) is 4.79 Å². The summed E-state index contributed by atoms with van der Waals surface area (Å²) >= 11 is 0. The molecule has 0 aliphatic carbocycles. The van der Waals surface area contributed by atoms with Crippen LogP contribution in [0, 0.1) is 23.7 Å². The van der Waals surface area contributed by atoms with Crippen LogP contribution in [0.25, 0.3) is 0 Å². The second-order valence-corrected chi connectivity index (χ2v) is 5.36. The maximum Gasteiger partial charge on any atom is 0.303 e. The number of ether oxygens (including phenoxy) is 2. The van der Waals surface area contributed by atoms with Crippen LogP contribution in [0.2, 0.25) is 0 Å². The Morgan fingerprint density at radius 1 is 1.27 bits per heavy atom. The van der Waals surface area contributed by atoms with Crippen molar-refractivity contribution in [2.45, 2.75) is 33.5 Å². The summed E-state index contributed by atoms with van der Waals surface area (Å²) in [7, 11) is 0. The van der Waals surface area contributed by atoms with E-state index in [1.54, 1.807) is 0 Å². The summed E-state index contributed by atoms with van der Waals surface area (Å²) in [5, 5.41) is 10.2. The van der Waals surface area contributed by atoms with Crippen molar-refractivity contribution in [2.75, 3.05) is 13.2 Å². The van der Waals surface area contributed by atoms with Crippen LogP contribution in [0.1, 0.15) is 26.3 Å². The third-order valence-corrected chi connectivity index (χ3v) is 3.26. The molecule has 0 spiro atoms. The van der Waals surface area contributed by atoms with E-state index in [0.717, 1.165) is 5.56 Å². The Morgan fingerprint density at radius 2 is 1.95 bits per heavy atom. The Labute approximate surface area is 132 Å². The Bertz CT molecular complexity index is 501. The van der Waals surface area contributed by atoms with Gasteiger partial charge in [0.05, 0.1) is 19.3 Å². The minimum atomic E-state index is -0.583. The molecule has 1 N–H and O–H groups in total. The molecule has 0 bridgehead atoms. The van der Waals surface area contributed by atoms with Crippen molar-refractivity contribution >= 4 is 5.97 Å². The standard InChI is InChI=1S/C18H24O4/c1-14(8-7-11-22-16(3)19)18(20)15(2)12-21-13-17-9-5-4-6-10-17/h4-6,9-10,14-15,18,20H,11-13H2,1-3H3/t14-,15-,18+/m1/s1. The Morgan fingerprint density at radius 3 is 2.59 bits per heavy atom. The zero-order chi connectivity index (χ0) is 16.4. The highest BCUT2D eigenvalue weighted by molar-refractivity contribution is 5.66. The molecule has 0 aromatic heterocycles. The maximum atomic E-state index is 10.6. The summed E-state index contributed by atoms with van der Waals surface area (Å²) in [5.74, 6) is 5.05. The molecule has 120 valence electrons. The van der Waals surface area contributed by atoms with Crippen LogP contribution in [0.5, 0.6) is 0 Å². The van der Waals surface area contributed by atoms with E-state index in [0.29, 0.717) is 13.2 Å². The van der Waals surface area contributed by atoms with E-state index >= 15 is 0 Å². The molecule has 3 atom stereocenters. The fraction of sp³-hybridized carbons (Fsp3) is 0.500. The van der Waals surface area contributed by atoms with Gasteiger partial charge in [0, 0.05) is 18.8 Å². The van der Waals surface area contributed by atoms with Crippen LogP contribution in [0.3, 0.4) is 0 Å². The first-order valence-corrected chi connectivity index (χ1v) is 7.42. The highest BCUT2D eigenvalue weighted by Gasteiger charge is 2.19. The lowest BCUT2D eigenvalue weighted by Gasteiger charge is -2.21. The van der Waals surface area contributed by atoms with Crippen molar-refractivity contribution in [3.63, 3.8) is 0 Å². The zero-order valence-electron chi connectivity index (χ0n) is 13.4. The molecule has 1 rings (SSSR count). The van der Waals surface area contributed by atoms with Crippen molar-refractivity contribution < 1.29 is 19.4 Å². The number of aliphatic hydroxyl groups is 1. The van der Waals surface area contributed by atoms with Gasteiger partial charge in [0.2, 0.25) is 0 Å². The number of carbonyl (C=O) groups is 1. The molecular formula is C18H24O4. The number of esters is 1. The molecule has 4 nitrogen and oxygen atoms in total. The summed E-state index contributed by atoms with van der Waals surface area (Å²) in [4.78, 5) is 10.6. The molecule has 0 fully saturated rings. The van der Waals surface area contributed by atoms with Crippen LogP contribution < -0.4 is 0 Å². The first-order chi connectivity index (χ1) is 10.5. The summed E-state index contributed by atoms with van der Waals surface area (Å²) in [5.41, 5.74) is 1.11. The van der Waals surface area contributed by atoms with Gasteiger partial charge in [-0.05, 0) is 12.5 Å². The van der Waals surface area contributed by atoms with Gasteiger partial charge in [0.1, 0.15) is 0 Å². The lowest BCUT2D eigenvalue weighted by Crippen LogP contribution is -2.28. The SMILES string of the molecule is CC(=O)OCC#C[C@@H](C)[C@H](O)[C@H](C)COCc1ccccc1. The average Bonchev–Trinajstić information content (AvgIpc) is 2.51. The minimum Gasteiger partial charge on any atom is -0.453 e. The van der Waals surface area contributed by atoms with Gasteiger partial charge in [-0.15, -0.1) is 0 Å². The minimum absolute atomic E-state index is 0.0262. The van der Waals surface area contributed by atoms with Gasteiger partial charge in [-0.1, -0.05) is 49.1 Å². The average molecular weight is 304 g/mol. The van der Waals surface area contributed by atoms with Crippen molar-refractivity contribution in [3.8, 4) is 11.8 Å². The van der Waals surface area contributed by atoms with Crippen molar-refractivity contribution in [2.24, 2.45) is 11.8 Å². The molecule has 1 aromatic rings. The number of hydrogen-bond donors (Lipinski definition) is 1. The Balaban J connectivity index is 2.31. The molecule has 1 aromatic carbocycles. The topological polar surface area (TPSA) is 55.8 Å². The molecule has 0 radical (unpaired) electrons. The third-order valence-electron chi connectivity index (χ3n) is 3.26. The van der Waals surface area contributed by atoms with Crippen LogP contribution in [-0.4, -0.2) is 30.4 Å². The second-order valence-electron chi connectivity index (χ2n) is 5.36. The number of carbonyl (C=O) groups excluding carboxylic acids is 1. The van der Waals surface area contributed by atoms with E-state index in [2.05, 4.69) is 11.8 Å². The fourth-order valence-corrected chi connectivity index (χ4v) is 1.95. The number of benzene rings is 1.